The zero-order valence-corrected chi connectivity index (χ0v) is 13.8. The van der Waals surface area contributed by atoms with E-state index in [1.165, 1.54) is 41.5 Å². The number of hydrogen-bond donors (Lipinski definition) is 1. The highest BCUT2D eigenvalue weighted by Gasteiger charge is 2.30. The summed E-state index contributed by atoms with van der Waals surface area (Å²) >= 11 is 3.62. The van der Waals surface area contributed by atoms with Crippen molar-refractivity contribution in [3.8, 4) is 0 Å². The smallest absolute Gasteiger partial charge is 0.0425 e. The van der Waals surface area contributed by atoms with E-state index in [1.54, 1.807) is 0 Å². The van der Waals surface area contributed by atoms with Gasteiger partial charge in [0.25, 0.3) is 0 Å². The molecule has 0 aliphatic heterocycles. The molecule has 0 aromatic heterocycles. The maximum absolute atomic E-state index is 3.62. The SMILES string of the molecule is CNCc1ccc(Br)cc1N(CCC(C)C)C1CC1. The summed E-state index contributed by atoms with van der Waals surface area (Å²) in [5, 5.41) is 3.28. The Balaban J connectivity index is 2.21. The van der Waals surface area contributed by atoms with Crippen LogP contribution in [0.5, 0.6) is 0 Å². The maximum atomic E-state index is 3.62. The molecule has 0 heterocycles. The van der Waals surface area contributed by atoms with Crippen LogP contribution in [0.1, 0.15) is 38.7 Å². The summed E-state index contributed by atoms with van der Waals surface area (Å²) < 4.78 is 1.18. The highest BCUT2D eigenvalue weighted by Crippen LogP contribution is 2.35. The molecule has 1 N–H and O–H groups in total. The fourth-order valence-electron chi connectivity index (χ4n) is 2.43. The van der Waals surface area contributed by atoms with Crippen LogP contribution >= 0.6 is 15.9 Å². The van der Waals surface area contributed by atoms with Gasteiger partial charge in [0.1, 0.15) is 0 Å². The van der Waals surface area contributed by atoms with Gasteiger partial charge >= 0.3 is 0 Å². The van der Waals surface area contributed by atoms with E-state index in [1.807, 2.05) is 7.05 Å². The van der Waals surface area contributed by atoms with Crippen LogP contribution in [-0.4, -0.2) is 19.6 Å². The van der Waals surface area contributed by atoms with Crippen molar-refractivity contribution in [1.82, 2.24) is 5.32 Å². The fourth-order valence-corrected chi connectivity index (χ4v) is 2.78. The van der Waals surface area contributed by atoms with Crippen LogP contribution in [0.2, 0.25) is 0 Å². The Hall–Kier alpha value is -0.540. The van der Waals surface area contributed by atoms with Crippen LogP contribution in [0.25, 0.3) is 0 Å². The highest BCUT2D eigenvalue weighted by atomic mass is 79.9. The van der Waals surface area contributed by atoms with Crippen LogP contribution < -0.4 is 10.2 Å². The van der Waals surface area contributed by atoms with Crippen LogP contribution in [0.3, 0.4) is 0 Å². The van der Waals surface area contributed by atoms with Gasteiger partial charge in [-0.25, -0.2) is 0 Å². The predicted octanol–water partition coefficient (Wildman–Crippen LogP) is 4.18. The van der Waals surface area contributed by atoms with Crippen molar-refractivity contribution < 1.29 is 0 Å². The van der Waals surface area contributed by atoms with Crippen LogP contribution in [0, 0.1) is 5.92 Å². The quantitative estimate of drug-likeness (QED) is 0.809. The number of halogens is 1. The van der Waals surface area contributed by atoms with Gasteiger partial charge in [0.2, 0.25) is 0 Å². The van der Waals surface area contributed by atoms with E-state index in [2.05, 4.69) is 58.2 Å². The predicted molar refractivity (Wildman–Crippen MR) is 86.7 cm³/mol. The lowest BCUT2D eigenvalue weighted by Crippen LogP contribution is -2.29. The molecule has 1 fully saturated rings. The van der Waals surface area contributed by atoms with E-state index in [9.17, 15) is 0 Å². The van der Waals surface area contributed by atoms with Gasteiger partial charge in [-0.15, -0.1) is 0 Å². The second-order valence-electron chi connectivity index (χ2n) is 5.91. The van der Waals surface area contributed by atoms with Crippen molar-refractivity contribution in [3.05, 3.63) is 28.2 Å². The van der Waals surface area contributed by atoms with Crippen molar-refractivity contribution in [2.75, 3.05) is 18.5 Å². The summed E-state index contributed by atoms with van der Waals surface area (Å²) in [4.78, 5) is 2.62. The van der Waals surface area contributed by atoms with E-state index < -0.39 is 0 Å². The van der Waals surface area contributed by atoms with E-state index >= 15 is 0 Å². The lowest BCUT2D eigenvalue weighted by atomic mass is 10.1. The van der Waals surface area contributed by atoms with Gasteiger partial charge in [-0.2, -0.15) is 0 Å². The molecule has 0 unspecified atom stereocenters. The maximum Gasteiger partial charge on any atom is 0.0425 e. The summed E-state index contributed by atoms with van der Waals surface area (Å²) in [5.41, 5.74) is 2.81. The molecule has 0 atom stereocenters. The number of nitrogens with zero attached hydrogens (tertiary/aromatic N) is 1. The van der Waals surface area contributed by atoms with Crippen molar-refractivity contribution in [2.24, 2.45) is 5.92 Å². The zero-order chi connectivity index (χ0) is 13.8. The Morgan fingerprint density at radius 1 is 1.37 bits per heavy atom. The van der Waals surface area contributed by atoms with Crippen molar-refractivity contribution >= 4 is 21.6 Å². The van der Waals surface area contributed by atoms with Crippen LogP contribution in [0.15, 0.2) is 22.7 Å². The lowest BCUT2D eigenvalue weighted by Gasteiger charge is -2.28. The Morgan fingerprint density at radius 2 is 2.11 bits per heavy atom. The number of nitrogens with one attached hydrogen (secondary N) is 1. The normalized spacial score (nSPS) is 15.0. The molecule has 1 saturated carbocycles. The average molecular weight is 325 g/mol. The molecule has 19 heavy (non-hydrogen) atoms. The minimum absolute atomic E-state index is 0.765. The van der Waals surface area contributed by atoms with Gasteiger partial charge in [0.15, 0.2) is 0 Å². The van der Waals surface area contributed by atoms with Gasteiger partial charge in [0, 0.05) is 29.3 Å². The van der Waals surface area contributed by atoms with Gasteiger partial charge in [-0.05, 0) is 49.9 Å². The Bertz CT molecular complexity index is 413. The first-order chi connectivity index (χ1) is 9.11. The first kappa shape index (κ1) is 14.9. The van der Waals surface area contributed by atoms with Crippen LogP contribution in [-0.2, 0) is 6.54 Å². The molecule has 1 aliphatic carbocycles. The molecular formula is C16H25BrN2. The molecule has 0 radical (unpaired) electrons. The monoisotopic (exact) mass is 324 g/mol. The molecule has 106 valence electrons. The summed E-state index contributed by atoms with van der Waals surface area (Å²) in [5.74, 6) is 0.765. The summed E-state index contributed by atoms with van der Waals surface area (Å²) in [6, 6.07) is 7.43. The number of benzene rings is 1. The zero-order valence-electron chi connectivity index (χ0n) is 12.2. The molecule has 0 bridgehead atoms. The van der Waals surface area contributed by atoms with Crippen molar-refractivity contribution in [3.63, 3.8) is 0 Å². The lowest BCUT2D eigenvalue weighted by molar-refractivity contribution is 0.569. The Morgan fingerprint density at radius 3 is 2.68 bits per heavy atom. The van der Waals surface area contributed by atoms with Crippen molar-refractivity contribution in [2.45, 2.75) is 45.7 Å². The summed E-state index contributed by atoms with van der Waals surface area (Å²) in [6.07, 6.45) is 3.97. The molecule has 3 heteroatoms. The van der Waals surface area contributed by atoms with E-state index in [4.69, 9.17) is 0 Å². The van der Waals surface area contributed by atoms with Gasteiger partial charge in [-0.3, -0.25) is 0 Å². The largest absolute Gasteiger partial charge is 0.368 e. The van der Waals surface area contributed by atoms with Gasteiger partial charge in [0.05, 0.1) is 0 Å². The Labute approximate surface area is 125 Å². The summed E-state index contributed by atoms with van der Waals surface area (Å²) in [6.45, 7) is 6.73. The molecule has 1 aromatic carbocycles. The highest BCUT2D eigenvalue weighted by molar-refractivity contribution is 9.10. The molecule has 0 saturated heterocycles. The van der Waals surface area contributed by atoms with E-state index in [0.29, 0.717) is 0 Å². The van der Waals surface area contributed by atoms with E-state index in [-0.39, 0.29) is 0 Å². The molecule has 1 aromatic rings. The molecule has 2 rings (SSSR count). The minimum atomic E-state index is 0.765. The number of rotatable bonds is 7. The number of anilines is 1. The molecular weight excluding hydrogens is 300 g/mol. The molecule has 0 spiro atoms. The third-order valence-corrected chi connectivity index (χ3v) is 4.15. The third kappa shape index (κ3) is 4.22. The molecule has 2 nitrogen and oxygen atoms in total. The van der Waals surface area contributed by atoms with Gasteiger partial charge in [-0.1, -0.05) is 35.8 Å². The topological polar surface area (TPSA) is 15.3 Å². The second-order valence-corrected chi connectivity index (χ2v) is 6.83. The van der Waals surface area contributed by atoms with Crippen LogP contribution in [0.4, 0.5) is 5.69 Å². The first-order valence-electron chi connectivity index (χ1n) is 7.31. The second kappa shape index (κ2) is 6.76. The van der Waals surface area contributed by atoms with Gasteiger partial charge < -0.3 is 10.2 Å². The first-order valence-corrected chi connectivity index (χ1v) is 8.10. The third-order valence-electron chi connectivity index (χ3n) is 3.66. The minimum Gasteiger partial charge on any atom is -0.368 e. The fraction of sp³-hybridized carbons (Fsp3) is 0.625. The van der Waals surface area contributed by atoms with E-state index in [0.717, 1.165) is 18.5 Å². The Kier molecular flexibility index (Phi) is 5.28. The average Bonchev–Trinajstić information content (AvgIpc) is 3.17. The standard InChI is InChI=1S/C16H25BrN2/c1-12(2)8-9-19(15-6-7-15)16-10-14(17)5-4-13(16)11-18-3/h4-5,10,12,15,18H,6-9,11H2,1-3H3. The summed E-state index contributed by atoms with van der Waals surface area (Å²) in [7, 11) is 2.02. The van der Waals surface area contributed by atoms with Crippen molar-refractivity contribution in [1.29, 1.82) is 0 Å². The number of hydrogen-bond acceptors (Lipinski definition) is 2. The molecule has 0 amide bonds. The molecule has 1 aliphatic rings.